The molecule has 1 amide bonds. The topological polar surface area (TPSA) is 94.1 Å². The first-order valence-corrected chi connectivity index (χ1v) is 10.4. The van der Waals surface area contributed by atoms with E-state index in [0.29, 0.717) is 16.5 Å². The standard InChI is InChI=1S/C22H24FN3O4S/c1-30-17-5-3-2-4-12(17)11-24-21(29)15-10-16(27)20(28)18-19(15)26(22(31)25-18)14-8-6-13(23)7-9-14/h2-9,15-16,18-20,27-28H,10-11H2,1H3,(H,24,29)(H,25,31)/t15-,16+,18-,19+,20-/m0/s1. The minimum absolute atomic E-state index is 0.0715. The highest BCUT2D eigenvalue weighted by atomic mass is 32.1. The predicted molar refractivity (Wildman–Crippen MR) is 117 cm³/mol. The van der Waals surface area contributed by atoms with Gasteiger partial charge in [-0.3, -0.25) is 4.79 Å². The molecule has 1 aliphatic heterocycles. The summed E-state index contributed by atoms with van der Waals surface area (Å²) in [4.78, 5) is 14.9. The zero-order valence-electron chi connectivity index (χ0n) is 16.9. The van der Waals surface area contributed by atoms with E-state index in [0.717, 1.165) is 5.56 Å². The number of aliphatic hydroxyl groups is 2. The molecule has 2 aromatic rings. The Hall–Kier alpha value is -2.75. The Kier molecular flexibility index (Phi) is 6.08. The molecule has 0 unspecified atom stereocenters. The van der Waals surface area contributed by atoms with Crippen LogP contribution in [0, 0.1) is 11.7 Å². The second-order valence-corrected chi connectivity index (χ2v) is 8.13. The molecule has 4 rings (SSSR count). The van der Waals surface area contributed by atoms with Crippen LogP contribution in [0.15, 0.2) is 48.5 Å². The van der Waals surface area contributed by atoms with Crippen molar-refractivity contribution < 1.29 is 24.1 Å². The molecule has 2 aliphatic rings. The molecule has 4 N–H and O–H groups in total. The Labute approximate surface area is 184 Å². The van der Waals surface area contributed by atoms with Crippen LogP contribution in [-0.2, 0) is 11.3 Å². The summed E-state index contributed by atoms with van der Waals surface area (Å²) in [5, 5.41) is 27.2. The van der Waals surface area contributed by atoms with E-state index in [9.17, 15) is 19.4 Å². The number of rotatable bonds is 5. The first kappa shape index (κ1) is 21.5. The second-order valence-electron chi connectivity index (χ2n) is 7.74. The van der Waals surface area contributed by atoms with Gasteiger partial charge in [0.2, 0.25) is 5.91 Å². The Morgan fingerprint density at radius 1 is 1.26 bits per heavy atom. The molecule has 1 saturated carbocycles. The molecule has 1 aliphatic carbocycles. The third kappa shape index (κ3) is 4.08. The van der Waals surface area contributed by atoms with Gasteiger partial charge in [0.1, 0.15) is 17.7 Å². The Bertz CT molecular complexity index is 973. The maximum absolute atomic E-state index is 13.4. The lowest BCUT2D eigenvalue weighted by atomic mass is 9.77. The van der Waals surface area contributed by atoms with Gasteiger partial charge < -0.3 is 30.5 Å². The SMILES string of the molecule is COc1ccccc1CNC(=O)[C@H]1C[C@@H](O)[C@H](O)[C@H]2NC(=S)N(c3ccc(F)cc3)[C@@H]21. The number of nitrogens with one attached hydrogen (secondary N) is 2. The molecule has 0 aromatic heterocycles. The number of amides is 1. The van der Waals surface area contributed by atoms with Gasteiger partial charge in [0.05, 0.1) is 31.2 Å². The zero-order chi connectivity index (χ0) is 22.1. The van der Waals surface area contributed by atoms with Gasteiger partial charge in [-0.25, -0.2) is 4.39 Å². The number of carbonyl (C=O) groups is 1. The minimum atomic E-state index is -1.09. The molecule has 0 radical (unpaired) electrons. The number of halogens is 1. The number of hydrogen-bond acceptors (Lipinski definition) is 5. The van der Waals surface area contributed by atoms with Gasteiger partial charge in [-0.2, -0.15) is 0 Å². The maximum Gasteiger partial charge on any atom is 0.225 e. The fourth-order valence-corrected chi connectivity index (χ4v) is 4.77. The lowest BCUT2D eigenvalue weighted by Gasteiger charge is -2.41. The van der Waals surface area contributed by atoms with Gasteiger partial charge in [0.25, 0.3) is 0 Å². The summed E-state index contributed by atoms with van der Waals surface area (Å²) in [5.74, 6) is -0.651. The summed E-state index contributed by atoms with van der Waals surface area (Å²) < 4.78 is 18.8. The largest absolute Gasteiger partial charge is 0.496 e. The number of aliphatic hydroxyl groups excluding tert-OH is 2. The van der Waals surface area contributed by atoms with Crippen LogP contribution in [0.25, 0.3) is 0 Å². The first-order valence-electron chi connectivity index (χ1n) is 10.0. The Balaban J connectivity index is 1.59. The van der Waals surface area contributed by atoms with Gasteiger partial charge >= 0.3 is 0 Å². The normalized spacial score (nSPS) is 27.4. The number of methoxy groups -OCH3 is 1. The molecular weight excluding hydrogens is 421 g/mol. The third-order valence-corrected chi connectivity index (χ3v) is 6.25. The highest BCUT2D eigenvalue weighted by molar-refractivity contribution is 7.80. The monoisotopic (exact) mass is 445 g/mol. The summed E-state index contributed by atoms with van der Waals surface area (Å²) in [5.41, 5.74) is 1.43. The van der Waals surface area contributed by atoms with Crippen molar-refractivity contribution in [3.05, 3.63) is 59.9 Å². The molecule has 5 atom stereocenters. The third-order valence-electron chi connectivity index (χ3n) is 5.93. The molecule has 0 spiro atoms. The smallest absolute Gasteiger partial charge is 0.225 e. The first-order chi connectivity index (χ1) is 14.9. The van der Waals surface area contributed by atoms with Crippen LogP contribution < -0.4 is 20.3 Å². The number of benzene rings is 2. The van der Waals surface area contributed by atoms with Gasteiger partial charge in [-0.15, -0.1) is 0 Å². The van der Waals surface area contributed by atoms with Crippen LogP contribution >= 0.6 is 12.2 Å². The van der Waals surface area contributed by atoms with E-state index < -0.39 is 30.2 Å². The zero-order valence-corrected chi connectivity index (χ0v) is 17.7. The summed E-state index contributed by atoms with van der Waals surface area (Å²) in [6.07, 6.45) is -2.10. The summed E-state index contributed by atoms with van der Waals surface area (Å²) in [6.45, 7) is 0.254. The van der Waals surface area contributed by atoms with Crippen LogP contribution in [0.2, 0.25) is 0 Å². The summed E-state index contributed by atoms with van der Waals surface area (Å²) >= 11 is 5.46. The molecule has 1 saturated heterocycles. The van der Waals surface area contributed by atoms with Crippen molar-refractivity contribution in [2.24, 2.45) is 5.92 Å². The molecule has 164 valence electrons. The van der Waals surface area contributed by atoms with Crippen molar-refractivity contribution in [2.75, 3.05) is 12.0 Å². The number of thiocarbonyl (C=S) groups is 1. The number of anilines is 1. The number of ether oxygens (including phenoxy) is 1. The Morgan fingerprint density at radius 3 is 2.68 bits per heavy atom. The fourth-order valence-electron chi connectivity index (χ4n) is 4.41. The second kappa shape index (κ2) is 8.78. The number of fused-ring (bicyclic) bond motifs is 1. The minimum Gasteiger partial charge on any atom is -0.496 e. The molecular formula is C22H24FN3O4S. The van der Waals surface area contributed by atoms with E-state index >= 15 is 0 Å². The van der Waals surface area contributed by atoms with Crippen molar-refractivity contribution in [2.45, 2.75) is 37.3 Å². The van der Waals surface area contributed by atoms with Crippen molar-refractivity contribution in [1.82, 2.24) is 10.6 Å². The van der Waals surface area contributed by atoms with Crippen LogP contribution in [0.3, 0.4) is 0 Å². The van der Waals surface area contributed by atoms with E-state index in [-0.39, 0.29) is 24.7 Å². The number of para-hydroxylation sites is 1. The van der Waals surface area contributed by atoms with E-state index in [1.165, 1.54) is 12.1 Å². The molecule has 1 heterocycles. The van der Waals surface area contributed by atoms with Crippen molar-refractivity contribution in [1.29, 1.82) is 0 Å². The van der Waals surface area contributed by atoms with E-state index in [1.807, 2.05) is 24.3 Å². The quantitative estimate of drug-likeness (QED) is 0.516. The predicted octanol–water partition coefficient (Wildman–Crippen LogP) is 1.32. The molecule has 0 bridgehead atoms. The highest BCUT2D eigenvalue weighted by Gasteiger charge is 2.53. The van der Waals surface area contributed by atoms with Crippen LogP contribution in [-0.4, -0.2) is 52.6 Å². The average molecular weight is 446 g/mol. The molecule has 9 heteroatoms. The molecule has 2 aromatic carbocycles. The van der Waals surface area contributed by atoms with Gasteiger partial charge in [0.15, 0.2) is 5.11 Å². The van der Waals surface area contributed by atoms with Crippen LogP contribution in [0.5, 0.6) is 5.75 Å². The van der Waals surface area contributed by atoms with E-state index in [1.54, 1.807) is 24.1 Å². The van der Waals surface area contributed by atoms with Crippen molar-refractivity contribution in [3.63, 3.8) is 0 Å². The molecule has 2 fully saturated rings. The summed E-state index contributed by atoms with van der Waals surface area (Å²) in [6, 6.07) is 12.0. The van der Waals surface area contributed by atoms with Crippen molar-refractivity contribution >= 4 is 28.9 Å². The van der Waals surface area contributed by atoms with Gasteiger partial charge in [-0.05, 0) is 49.0 Å². The number of carbonyl (C=O) groups excluding carboxylic acids is 1. The number of hydrogen-bond donors (Lipinski definition) is 4. The average Bonchev–Trinajstić information content (AvgIpc) is 3.12. The molecule has 7 nitrogen and oxygen atoms in total. The molecule has 31 heavy (non-hydrogen) atoms. The van der Waals surface area contributed by atoms with Gasteiger partial charge in [-0.1, -0.05) is 18.2 Å². The lowest BCUT2D eigenvalue weighted by molar-refractivity contribution is -0.131. The highest BCUT2D eigenvalue weighted by Crippen LogP contribution is 2.36. The number of nitrogens with zero attached hydrogens (tertiary/aromatic N) is 1. The van der Waals surface area contributed by atoms with Crippen molar-refractivity contribution in [3.8, 4) is 5.75 Å². The van der Waals surface area contributed by atoms with E-state index in [2.05, 4.69) is 10.6 Å². The van der Waals surface area contributed by atoms with Crippen LogP contribution in [0.4, 0.5) is 10.1 Å². The van der Waals surface area contributed by atoms with Crippen LogP contribution in [0.1, 0.15) is 12.0 Å². The maximum atomic E-state index is 13.4. The van der Waals surface area contributed by atoms with Gasteiger partial charge in [0, 0.05) is 17.8 Å². The fraction of sp³-hybridized carbons (Fsp3) is 0.364. The van der Waals surface area contributed by atoms with E-state index in [4.69, 9.17) is 17.0 Å². The summed E-state index contributed by atoms with van der Waals surface area (Å²) in [7, 11) is 1.57. The lowest BCUT2D eigenvalue weighted by Crippen LogP contribution is -2.60. The Morgan fingerprint density at radius 2 is 1.97 bits per heavy atom.